The molecule has 5 heterocycles. The number of halogens is 1. The van der Waals surface area contributed by atoms with Gasteiger partial charge in [-0.2, -0.15) is 0 Å². The van der Waals surface area contributed by atoms with Crippen LogP contribution in [0.3, 0.4) is 0 Å². The number of benzene rings is 1. The first-order chi connectivity index (χ1) is 18.5. The molecule has 1 aromatic carbocycles. The van der Waals surface area contributed by atoms with Crippen LogP contribution in [0.15, 0.2) is 36.7 Å². The zero-order valence-electron chi connectivity index (χ0n) is 22.1. The number of anilines is 1. The van der Waals surface area contributed by atoms with Gasteiger partial charge in [0.25, 0.3) is 0 Å². The molecule has 0 amide bonds. The first kappa shape index (κ1) is 26.0. The summed E-state index contributed by atoms with van der Waals surface area (Å²) in [6.45, 7) is 8.25. The Morgan fingerprint density at radius 1 is 1.08 bits per heavy atom. The average Bonchev–Trinajstić information content (AvgIpc) is 3.56. The summed E-state index contributed by atoms with van der Waals surface area (Å²) in [4.78, 5) is 17.7. The number of para-hydroxylation sites is 1. The van der Waals surface area contributed by atoms with Crippen LogP contribution in [0, 0.1) is 5.92 Å². The van der Waals surface area contributed by atoms with Crippen LogP contribution in [0.5, 0.6) is 0 Å². The van der Waals surface area contributed by atoms with Crippen molar-refractivity contribution in [3.8, 4) is 11.3 Å². The van der Waals surface area contributed by atoms with Gasteiger partial charge in [0.2, 0.25) is 5.95 Å². The maximum Gasteiger partial charge on any atom is 0.223 e. The summed E-state index contributed by atoms with van der Waals surface area (Å²) in [6.07, 6.45) is 10.3. The molecule has 38 heavy (non-hydrogen) atoms. The molecule has 3 aromatic rings. The monoisotopic (exact) mass is 537 g/mol. The van der Waals surface area contributed by atoms with Gasteiger partial charge in [-0.1, -0.05) is 29.8 Å². The van der Waals surface area contributed by atoms with Crippen LogP contribution in [-0.4, -0.2) is 93.9 Å². The van der Waals surface area contributed by atoms with E-state index < -0.39 is 5.60 Å². The smallest absolute Gasteiger partial charge is 0.223 e. The number of hydrogen-bond acceptors (Lipinski definition) is 7. The zero-order valence-corrected chi connectivity index (χ0v) is 22.9. The van der Waals surface area contributed by atoms with Crippen molar-refractivity contribution < 1.29 is 5.11 Å². The third-order valence-electron chi connectivity index (χ3n) is 8.81. The molecule has 8 nitrogen and oxygen atoms in total. The fourth-order valence-corrected chi connectivity index (χ4v) is 6.69. The molecule has 3 aliphatic rings. The molecule has 3 aliphatic heterocycles. The molecule has 6 rings (SSSR count). The molecule has 204 valence electrons. The van der Waals surface area contributed by atoms with E-state index in [1.807, 2.05) is 18.3 Å². The van der Waals surface area contributed by atoms with Crippen molar-refractivity contribution >= 4 is 28.5 Å². The quantitative estimate of drug-likeness (QED) is 0.345. The fraction of sp³-hybridized carbons (Fsp3) is 0.586. The highest BCUT2D eigenvalue weighted by Crippen LogP contribution is 2.32. The summed E-state index contributed by atoms with van der Waals surface area (Å²) in [7, 11) is 0. The maximum atomic E-state index is 10.9. The number of aromatic amines is 1. The van der Waals surface area contributed by atoms with Crippen molar-refractivity contribution in [3.05, 3.63) is 41.7 Å². The van der Waals surface area contributed by atoms with Gasteiger partial charge in [0.15, 0.2) is 0 Å². The number of aliphatic hydroxyl groups is 1. The SMILES string of the molecule is OC1(CN2CCC(CCN3CCC(Nc4ncc(Cl)c(-c5c[nH]c6ccccc56)n4)C3)CC2)CCNCC1. The summed E-state index contributed by atoms with van der Waals surface area (Å²) in [5, 5.41) is 19.5. The maximum absolute atomic E-state index is 10.9. The topological polar surface area (TPSA) is 92.3 Å². The molecular formula is C29H40ClN7O. The van der Waals surface area contributed by atoms with Gasteiger partial charge in [0.1, 0.15) is 0 Å². The number of rotatable bonds is 8. The standard InChI is InChI=1S/C29H40ClN7O/c30-25-18-33-28(35-27(25)24-17-32-26-4-2-1-3-23(24)26)34-22-8-16-36(19-22)13-5-21-6-14-37(15-7-21)20-29(38)9-11-31-12-10-29/h1-4,17-18,21-22,31-32,38H,5-16,19-20H2,(H,33,34,35). The van der Waals surface area contributed by atoms with E-state index >= 15 is 0 Å². The molecule has 0 aliphatic carbocycles. The second-order valence-electron chi connectivity index (χ2n) is 11.6. The molecular weight excluding hydrogens is 498 g/mol. The molecule has 3 fully saturated rings. The normalized spacial score (nSPS) is 23.3. The summed E-state index contributed by atoms with van der Waals surface area (Å²) in [5.74, 6) is 1.43. The summed E-state index contributed by atoms with van der Waals surface area (Å²) >= 11 is 6.51. The number of β-amino-alcohol motifs (C(OH)–C–C–N with tert-alkyl or cyclic N) is 1. The lowest BCUT2D eigenvalue weighted by Crippen LogP contribution is -2.51. The number of likely N-dealkylation sites (tertiary alicyclic amines) is 2. The van der Waals surface area contributed by atoms with Crippen LogP contribution in [0.25, 0.3) is 22.2 Å². The summed E-state index contributed by atoms with van der Waals surface area (Å²) in [6, 6.07) is 8.54. The fourth-order valence-electron chi connectivity index (χ4n) is 6.49. The lowest BCUT2D eigenvalue weighted by atomic mass is 9.89. The van der Waals surface area contributed by atoms with E-state index in [0.717, 1.165) is 99.7 Å². The Morgan fingerprint density at radius 3 is 2.71 bits per heavy atom. The minimum atomic E-state index is -0.486. The number of piperidine rings is 2. The van der Waals surface area contributed by atoms with Crippen molar-refractivity contribution in [3.63, 3.8) is 0 Å². The lowest BCUT2D eigenvalue weighted by molar-refractivity contribution is -0.0280. The minimum absolute atomic E-state index is 0.347. The molecule has 0 spiro atoms. The molecule has 0 radical (unpaired) electrons. The van der Waals surface area contributed by atoms with Crippen LogP contribution in [0.4, 0.5) is 5.95 Å². The minimum Gasteiger partial charge on any atom is -0.388 e. The third kappa shape index (κ3) is 6.00. The number of nitrogens with one attached hydrogen (secondary N) is 3. The Balaban J connectivity index is 0.970. The molecule has 1 unspecified atom stereocenters. The summed E-state index contributed by atoms with van der Waals surface area (Å²) < 4.78 is 0. The van der Waals surface area contributed by atoms with E-state index in [2.05, 4.69) is 42.5 Å². The molecule has 0 saturated carbocycles. The predicted molar refractivity (Wildman–Crippen MR) is 154 cm³/mol. The van der Waals surface area contributed by atoms with Crippen molar-refractivity contribution in [2.45, 2.75) is 50.2 Å². The largest absolute Gasteiger partial charge is 0.388 e. The highest BCUT2D eigenvalue weighted by atomic mass is 35.5. The number of nitrogens with zero attached hydrogens (tertiary/aromatic N) is 4. The van der Waals surface area contributed by atoms with Gasteiger partial charge in [-0.05, 0) is 83.2 Å². The van der Waals surface area contributed by atoms with Crippen molar-refractivity contribution in [1.82, 2.24) is 30.1 Å². The number of hydrogen-bond donors (Lipinski definition) is 4. The second-order valence-corrected chi connectivity index (χ2v) is 12.0. The van der Waals surface area contributed by atoms with Gasteiger partial charge in [-0.3, -0.25) is 0 Å². The van der Waals surface area contributed by atoms with E-state index in [0.29, 0.717) is 17.0 Å². The second kappa shape index (κ2) is 11.5. The van der Waals surface area contributed by atoms with Gasteiger partial charge in [-0.15, -0.1) is 0 Å². The van der Waals surface area contributed by atoms with Gasteiger partial charge < -0.3 is 30.5 Å². The Bertz CT molecular complexity index is 1220. The third-order valence-corrected chi connectivity index (χ3v) is 9.08. The highest BCUT2D eigenvalue weighted by molar-refractivity contribution is 6.33. The lowest BCUT2D eigenvalue weighted by Gasteiger charge is -2.40. The Morgan fingerprint density at radius 2 is 1.87 bits per heavy atom. The number of fused-ring (bicyclic) bond motifs is 1. The Hall–Kier alpha value is -2.23. The molecule has 4 N–H and O–H groups in total. The van der Waals surface area contributed by atoms with Crippen LogP contribution in [0.2, 0.25) is 5.02 Å². The molecule has 1 atom stereocenters. The molecule has 2 aromatic heterocycles. The van der Waals surface area contributed by atoms with Gasteiger partial charge in [0, 0.05) is 48.3 Å². The van der Waals surface area contributed by atoms with E-state index in [4.69, 9.17) is 16.6 Å². The first-order valence-electron chi connectivity index (χ1n) is 14.3. The van der Waals surface area contributed by atoms with Crippen LogP contribution in [0.1, 0.15) is 38.5 Å². The summed E-state index contributed by atoms with van der Waals surface area (Å²) in [5.41, 5.74) is 2.35. The van der Waals surface area contributed by atoms with E-state index in [1.165, 1.54) is 19.3 Å². The Labute approximate surface area is 230 Å². The zero-order chi connectivity index (χ0) is 26.0. The molecule has 0 bridgehead atoms. The van der Waals surface area contributed by atoms with Gasteiger partial charge in [0.05, 0.1) is 22.5 Å². The number of H-pyrrole nitrogens is 1. The van der Waals surface area contributed by atoms with Gasteiger partial charge in [-0.25, -0.2) is 9.97 Å². The van der Waals surface area contributed by atoms with Crippen LogP contribution in [-0.2, 0) is 0 Å². The van der Waals surface area contributed by atoms with Crippen molar-refractivity contribution in [2.24, 2.45) is 5.92 Å². The van der Waals surface area contributed by atoms with E-state index in [1.54, 1.807) is 6.20 Å². The molecule has 3 saturated heterocycles. The van der Waals surface area contributed by atoms with Gasteiger partial charge >= 0.3 is 0 Å². The van der Waals surface area contributed by atoms with E-state index in [-0.39, 0.29) is 0 Å². The Kier molecular flexibility index (Phi) is 7.86. The number of aromatic nitrogens is 3. The van der Waals surface area contributed by atoms with Crippen molar-refractivity contribution in [2.75, 3.05) is 57.7 Å². The van der Waals surface area contributed by atoms with Crippen LogP contribution < -0.4 is 10.6 Å². The highest BCUT2D eigenvalue weighted by Gasteiger charge is 2.33. The van der Waals surface area contributed by atoms with E-state index in [9.17, 15) is 5.11 Å². The predicted octanol–water partition coefficient (Wildman–Crippen LogP) is 3.98. The first-order valence-corrected chi connectivity index (χ1v) is 14.7. The van der Waals surface area contributed by atoms with Crippen LogP contribution >= 0.6 is 11.6 Å². The average molecular weight is 538 g/mol. The van der Waals surface area contributed by atoms with Crippen molar-refractivity contribution in [1.29, 1.82) is 0 Å². The molecule has 9 heteroatoms.